The summed E-state index contributed by atoms with van der Waals surface area (Å²) in [5, 5.41) is 19.1. The van der Waals surface area contributed by atoms with Crippen molar-refractivity contribution in [1.82, 2.24) is 20.2 Å². The summed E-state index contributed by atoms with van der Waals surface area (Å²) in [4.78, 5) is 10.9. The second-order valence-electron chi connectivity index (χ2n) is 4.76. The molecule has 0 aliphatic carbocycles. The van der Waals surface area contributed by atoms with Gasteiger partial charge in [-0.15, -0.1) is 16.4 Å². The van der Waals surface area contributed by atoms with E-state index in [2.05, 4.69) is 32.3 Å². The Labute approximate surface area is 136 Å². The van der Waals surface area contributed by atoms with Crippen molar-refractivity contribution in [2.75, 3.05) is 0 Å². The summed E-state index contributed by atoms with van der Waals surface area (Å²) < 4.78 is 0. The van der Waals surface area contributed by atoms with E-state index in [1.807, 2.05) is 31.4 Å². The third-order valence-electron chi connectivity index (χ3n) is 3.04. The molecule has 0 aliphatic heterocycles. The number of pyridine rings is 1. The highest BCUT2D eigenvalue weighted by molar-refractivity contribution is 7.99. The molecule has 5 nitrogen and oxygen atoms in total. The van der Waals surface area contributed by atoms with E-state index in [0.717, 1.165) is 28.5 Å². The summed E-state index contributed by atoms with van der Waals surface area (Å²) in [7, 11) is 0. The molecule has 0 atom stereocenters. The van der Waals surface area contributed by atoms with Crippen LogP contribution in [0.2, 0.25) is 0 Å². The highest BCUT2D eigenvalue weighted by Gasteiger charge is 2.13. The first-order chi connectivity index (χ1) is 10.7. The Morgan fingerprint density at radius 3 is 2.95 bits per heavy atom. The molecule has 0 spiro atoms. The summed E-state index contributed by atoms with van der Waals surface area (Å²) in [6, 6.07) is 8.20. The van der Waals surface area contributed by atoms with E-state index >= 15 is 0 Å². The number of hydrogen-bond donors (Lipinski definition) is 1. The minimum Gasteiger partial charge on any atom is -0.262 e. The van der Waals surface area contributed by atoms with Gasteiger partial charge < -0.3 is 0 Å². The van der Waals surface area contributed by atoms with Crippen LogP contribution in [0.5, 0.6) is 0 Å². The molecule has 0 bridgehead atoms. The third-order valence-corrected chi connectivity index (χ3v) is 4.82. The number of aromatic amines is 1. The van der Waals surface area contributed by atoms with E-state index in [1.165, 1.54) is 16.6 Å². The van der Waals surface area contributed by atoms with Crippen molar-refractivity contribution in [3.05, 3.63) is 51.2 Å². The molecule has 110 valence electrons. The van der Waals surface area contributed by atoms with Crippen LogP contribution in [0.25, 0.3) is 0 Å². The van der Waals surface area contributed by atoms with Crippen molar-refractivity contribution in [3.63, 3.8) is 0 Å². The van der Waals surface area contributed by atoms with Crippen molar-refractivity contribution in [2.24, 2.45) is 0 Å². The molecule has 3 heterocycles. The van der Waals surface area contributed by atoms with Gasteiger partial charge in [0.25, 0.3) is 0 Å². The Bertz CT molecular complexity index is 830. The lowest BCUT2D eigenvalue weighted by Crippen LogP contribution is -1.94. The van der Waals surface area contributed by atoms with Gasteiger partial charge in [-0.3, -0.25) is 10.1 Å². The lowest BCUT2D eigenvalue weighted by atomic mass is 10.2. The van der Waals surface area contributed by atoms with Gasteiger partial charge in [0, 0.05) is 21.9 Å². The molecule has 0 saturated heterocycles. The molecule has 7 heteroatoms. The largest absolute Gasteiger partial charge is 0.262 e. The SMILES string of the molecule is Cc1cc(Sc2n[nH]c(Cc3cccs3)n2)c(C#N)c(C)n1. The second kappa shape index (κ2) is 6.30. The zero-order valence-corrected chi connectivity index (χ0v) is 13.8. The fraction of sp³-hybridized carbons (Fsp3) is 0.200. The topological polar surface area (TPSA) is 78.2 Å². The number of rotatable bonds is 4. The minimum atomic E-state index is 0.584. The minimum absolute atomic E-state index is 0.584. The Hall–Kier alpha value is -2.17. The molecule has 3 rings (SSSR count). The van der Waals surface area contributed by atoms with E-state index in [-0.39, 0.29) is 0 Å². The zero-order chi connectivity index (χ0) is 15.5. The molecule has 0 aromatic carbocycles. The fourth-order valence-electron chi connectivity index (χ4n) is 2.09. The van der Waals surface area contributed by atoms with Gasteiger partial charge in [0.05, 0.1) is 11.3 Å². The molecule has 22 heavy (non-hydrogen) atoms. The average molecular weight is 327 g/mol. The Kier molecular flexibility index (Phi) is 4.22. The third kappa shape index (κ3) is 3.18. The highest BCUT2D eigenvalue weighted by Crippen LogP contribution is 2.29. The van der Waals surface area contributed by atoms with Gasteiger partial charge in [-0.05, 0) is 43.1 Å². The van der Waals surface area contributed by atoms with Crippen LogP contribution in [0.1, 0.15) is 27.7 Å². The average Bonchev–Trinajstić information content (AvgIpc) is 3.11. The Morgan fingerprint density at radius 2 is 2.23 bits per heavy atom. The fourth-order valence-corrected chi connectivity index (χ4v) is 3.77. The Balaban J connectivity index is 1.82. The summed E-state index contributed by atoms with van der Waals surface area (Å²) in [5.41, 5.74) is 2.20. The van der Waals surface area contributed by atoms with Gasteiger partial charge in [0.2, 0.25) is 5.16 Å². The maximum atomic E-state index is 9.29. The van der Waals surface area contributed by atoms with Crippen LogP contribution in [-0.4, -0.2) is 20.2 Å². The maximum absolute atomic E-state index is 9.29. The van der Waals surface area contributed by atoms with E-state index in [9.17, 15) is 5.26 Å². The first kappa shape index (κ1) is 14.8. The van der Waals surface area contributed by atoms with Crippen LogP contribution in [0.4, 0.5) is 0 Å². The van der Waals surface area contributed by atoms with Crippen molar-refractivity contribution in [3.8, 4) is 6.07 Å². The van der Waals surface area contributed by atoms with Gasteiger partial charge in [0.1, 0.15) is 11.9 Å². The predicted octanol–water partition coefficient (Wildman–Crippen LogP) is 3.49. The van der Waals surface area contributed by atoms with Crippen molar-refractivity contribution < 1.29 is 0 Å². The number of nitriles is 1. The van der Waals surface area contributed by atoms with E-state index in [4.69, 9.17) is 0 Å². The van der Waals surface area contributed by atoms with Crippen molar-refractivity contribution in [2.45, 2.75) is 30.3 Å². The predicted molar refractivity (Wildman–Crippen MR) is 86.1 cm³/mol. The molecular weight excluding hydrogens is 314 g/mol. The number of hydrogen-bond acceptors (Lipinski definition) is 6. The smallest absolute Gasteiger partial charge is 0.213 e. The van der Waals surface area contributed by atoms with Gasteiger partial charge >= 0.3 is 0 Å². The first-order valence-corrected chi connectivity index (χ1v) is 8.35. The molecule has 3 aromatic rings. The monoisotopic (exact) mass is 327 g/mol. The number of aryl methyl sites for hydroxylation is 2. The van der Waals surface area contributed by atoms with Crippen molar-refractivity contribution >= 4 is 23.1 Å². The van der Waals surface area contributed by atoms with E-state index in [0.29, 0.717) is 10.7 Å². The summed E-state index contributed by atoms with van der Waals surface area (Å²) in [6.45, 7) is 3.76. The lowest BCUT2D eigenvalue weighted by Gasteiger charge is -2.05. The van der Waals surface area contributed by atoms with Crippen LogP contribution in [-0.2, 0) is 6.42 Å². The van der Waals surface area contributed by atoms with Crippen LogP contribution in [0.3, 0.4) is 0 Å². The molecule has 3 aromatic heterocycles. The van der Waals surface area contributed by atoms with Gasteiger partial charge in [0.15, 0.2) is 0 Å². The van der Waals surface area contributed by atoms with Gasteiger partial charge in [-0.2, -0.15) is 5.26 Å². The Morgan fingerprint density at radius 1 is 1.36 bits per heavy atom. The van der Waals surface area contributed by atoms with Crippen LogP contribution >= 0.6 is 23.1 Å². The molecule has 0 radical (unpaired) electrons. The normalized spacial score (nSPS) is 10.6. The molecule has 0 aliphatic rings. The van der Waals surface area contributed by atoms with Crippen LogP contribution < -0.4 is 0 Å². The molecule has 0 amide bonds. The number of nitrogens with zero attached hydrogens (tertiary/aromatic N) is 4. The number of nitrogens with one attached hydrogen (secondary N) is 1. The summed E-state index contributed by atoms with van der Waals surface area (Å²) >= 11 is 3.08. The quantitative estimate of drug-likeness (QED) is 0.793. The van der Waals surface area contributed by atoms with Gasteiger partial charge in [-0.1, -0.05) is 6.07 Å². The molecule has 0 unspecified atom stereocenters. The first-order valence-electron chi connectivity index (χ1n) is 6.65. The zero-order valence-electron chi connectivity index (χ0n) is 12.1. The number of aromatic nitrogens is 4. The van der Waals surface area contributed by atoms with Crippen molar-refractivity contribution in [1.29, 1.82) is 5.26 Å². The molecular formula is C15H13N5S2. The van der Waals surface area contributed by atoms with E-state index in [1.54, 1.807) is 11.3 Å². The summed E-state index contributed by atoms with van der Waals surface area (Å²) in [5.74, 6) is 0.825. The standard InChI is InChI=1S/C15H13N5S2/c1-9-6-13(12(8-16)10(2)17-9)22-15-18-14(19-20-15)7-11-4-3-5-21-11/h3-6H,7H2,1-2H3,(H,18,19,20). The highest BCUT2D eigenvalue weighted by atomic mass is 32.2. The lowest BCUT2D eigenvalue weighted by molar-refractivity contribution is 0.959. The van der Waals surface area contributed by atoms with Crippen LogP contribution in [0.15, 0.2) is 33.6 Å². The second-order valence-corrected chi connectivity index (χ2v) is 6.80. The summed E-state index contributed by atoms with van der Waals surface area (Å²) in [6.07, 6.45) is 0.741. The number of H-pyrrole nitrogens is 1. The molecule has 1 N–H and O–H groups in total. The molecule has 0 saturated carbocycles. The van der Waals surface area contributed by atoms with Gasteiger partial charge in [-0.25, -0.2) is 4.98 Å². The maximum Gasteiger partial charge on any atom is 0.213 e. The number of thiophene rings is 1. The van der Waals surface area contributed by atoms with Crippen LogP contribution in [0, 0.1) is 25.2 Å². The molecule has 0 fully saturated rings. The van der Waals surface area contributed by atoms with E-state index < -0.39 is 0 Å².